The van der Waals surface area contributed by atoms with Gasteiger partial charge in [-0.2, -0.15) is 0 Å². The number of imide groups is 1. The lowest BCUT2D eigenvalue weighted by molar-refractivity contribution is -0.122. The largest absolute Gasteiger partial charge is 0.322 e. The zero-order valence-electron chi connectivity index (χ0n) is 11.2. The Hall–Kier alpha value is -2.40. The fourth-order valence-corrected chi connectivity index (χ4v) is 2.39. The van der Waals surface area contributed by atoms with Crippen molar-refractivity contribution in [3.8, 4) is 0 Å². The average Bonchev–Trinajstić information content (AvgIpc) is 2.73. The minimum atomic E-state index is -1.26. The molecule has 1 aliphatic rings. The summed E-state index contributed by atoms with van der Waals surface area (Å²) in [5.41, 5.74) is 0.195. The van der Waals surface area contributed by atoms with Crippen LogP contribution in [0.4, 0.5) is 4.79 Å². The van der Waals surface area contributed by atoms with E-state index in [0.717, 1.165) is 10.9 Å². The topological polar surface area (TPSA) is 71.1 Å². The number of halogens is 1. The summed E-state index contributed by atoms with van der Waals surface area (Å²) in [6.07, 6.45) is 1.58. The fourth-order valence-electron chi connectivity index (χ4n) is 2.15. The van der Waals surface area contributed by atoms with Gasteiger partial charge in [0.2, 0.25) is 0 Å². The van der Waals surface area contributed by atoms with Crippen molar-refractivity contribution in [1.29, 1.82) is 0 Å². The average molecular weight is 302 g/mol. The molecule has 1 fully saturated rings. The highest BCUT2D eigenvalue weighted by Gasteiger charge is 2.44. The molecule has 1 saturated heterocycles. The number of urea groups is 1. The number of pyridine rings is 1. The van der Waals surface area contributed by atoms with E-state index in [0.29, 0.717) is 5.69 Å². The van der Waals surface area contributed by atoms with Crippen LogP contribution in [-0.4, -0.2) is 22.5 Å². The van der Waals surface area contributed by atoms with E-state index < -0.39 is 17.5 Å². The smallest absolute Gasteiger partial charge is 0.319 e. The Kier molecular flexibility index (Phi) is 3.14. The predicted molar refractivity (Wildman–Crippen MR) is 80.7 cm³/mol. The Morgan fingerprint density at radius 2 is 2.00 bits per heavy atom. The highest BCUT2D eigenvalue weighted by Crippen LogP contribution is 2.26. The summed E-state index contributed by atoms with van der Waals surface area (Å²) in [5, 5.41) is 5.90. The number of fused-ring (bicyclic) bond motifs is 1. The highest BCUT2D eigenvalue weighted by atomic mass is 35.5. The monoisotopic (exact) mass is 301 g/mol. The lowest BCUT2D eigenvalue weighted by atomic mass is 10.0. The maximum absolute atomic E-state index is 11.8. The fraction of sp³-hybridized carbons (Fsp3) is 0.133. The highest BCUT2D eigenvalue weighted by molar-refractivity contribution is 6.36. The van der Waals surface area contributed by atoms with Gasteiger partial charge in [-0.25, -0.2) is 9.78 Å². The summed E-state index contributed by atoms with van der Waals surface area (Å²) in [5.74, 6) is -0.477. The van der Waals surface area contributed by atoms with Gasteiger partial charge in [-0.3, -0.25) is 10.1 Å². The number of carbonyl (C=O) groups is 2. The van der Waals surface area contributed by atoms with Crippen LogP contribution in [0.3, 0.4) is 0 Å². The second kappa shape index (κ2) is 4.86. The molecule has 0 radical (unpaired) electrons. The summed E-state index contributed by atoms with van der Waals surface area (Å²) in [6, 6.07) is 10.9. The van der Waals surface area contributed by atoms with E-state index in [-0.39, 0.29) is 5.03 Å². The van der Waals surface area contributed by atoms with E-state index in [2.05, 4.69) is 15.6 Å². The summed E-state index contributed by atoms with van der Waals surface area (Å²) in [7, 11) is 0. The molecule has 3 rings (SSSR count). The van der Waals surface area contributed by atoms with Crippen molar-refractivity contribution in [2.45, 2.75) is 12.5 Å². The molecule has 1 atom stereocenters. The minimum Gasteiger partial charge on any atom is -0.319 e. The Balaban J connectivity index is 1.99. The van der Waals surface area contributed by atoms with Crippen LogP contribution in [0.2, 0.25) is 0 Å². The van der Waals surface area contributed by atoms with Crippen LogP contribution in [0.15, 0.2) is 41.4 Å². The Labute approximate surface area is 126 Å². The van der Waals surface area contributed by atoms with E-state index in [1.165, 1.54) is 0 Å². The van der Waals surface area contributed by atoms with Crippen molar-refractivity contribution in [3.05, 3.63) is 47.1 Å². The minimum absolute atomic E-state index is 0.202. The lowest BCUT2D eigenvalue weighted by Crippen LogP contribution is -2.44. The summed E-state index contributed by atoms with van der Waals surface area (Å²) < 4.78 is 0. The molecule has 1 aromatic heterocycles. The van der Waals surface area contributed by atoms with E-state index >= 15 is 0 Å². The number of para-hydroxylation sites is 1. The molecule has 2 heterocycles. The van der Waals surface area contributed by atoms with Crippen molar-refractivity contribution in [3.63, 3.8) is 0 Å². The molecule has 21 heavy (non-hydrogen) atoms. The molecule has 1 aromatic carbocycles. The maximum Gasteiger partial charge on any atom is 0.322 e. The van der Waals surface area contributed by atoms with Crippen LogP contribution in [0.25, 0.3) is 17.0 Å². The van der Waals surface area contributed by atoms with Gasteiger partial charge in [-0.15, -0.1) is 0 Å². The van der Waals surface area contributed by atoms with Gasteiger partial charge in [0.25, 0.3) is 5.91 Å². The SMILES string of the molecule is C[C@@]1(/C(Cl)=C/c2ccc3ccccc3n2)NC(=O)NC1=O. The second-order valence-electron chi connectivity index (χ2n) is 4.95. The van der Waals surface area contributed by atoms with Crippen molar-refractivity contribution in [2.24, 2.45) is 0 Å². The molecular weight excluding hydrogens is 290 g/mol. The molecule has 3 amide bonds. The molecule has 0 saturated carbocycles. The third-order valence-electron chi connectivity index (χ3n) is 3.42. The molecule has 0 unspecified atom stereocenters. The molecule has 106 valence electrons. The number of hydrogen-bond acceptors (Lipinski definition) is 3. The zero-order valence-corrected chi connectivity index (χ0v) is 11.9. The molecule has 5 nitrogen and oxygen atoms in total. The quantitative estimate of drug-likeness (QED) is 0.837. The van der Waals surface area contributed by atoms with Gasteiger partial charge in [0.15, 0.2) is 5.54 Å². The molecule has 0 aliphatic carbocycles. The van der Waals surface area contributed by atoms with Crippen molar-refractivity contribution < 1.29 is 9.59 Å². The van der Waals surface area contributed by atoms with Gasteiger partial charge < -0.3 is 5.32 Å². The van der Waals surface area contributed by atoms with Crippen LogP contribution in [-0.2, 0) is 4.79 Å². The van der Waals surface area contributed by atoms with Crippen LogP contribution < -0.4 is 10.6 Å². The maximum atomic E-state index is 11.8. The number of hydrogen-bond donors (Lipinski definition) is 2. The van der Waals surface area contributed by atoms with E-state index in [1.807, 2.05) is 36.4 Å². The van der Waals surface area contributed by atoms with Gasteiger partial charge in [0.05, 0.1) is 16.2 Å². The summed E-state index contributed by atoms with van der Waals surface area (Å²) in [6.45, 7) is 1.55. The summed E-state index contributed by atoms with van der Waals surface area (Å²) >= 11 is 6.22. The number of nitrogens with zero attached hydrogens (tertiary/aromatic N) is 1. The van der Waals surface area contributed by atoms with Crippen LogP contribution in [0.5, 0.6) is 0 Å². The predicted octanol–water partition coefficient (Wildman–Crippen LogP) is 2.41. The number of aromatic nitrogens is 1. The Morgan fingerprint density at radius 1 is 1.24 bits per heavy atom. The van der Waals surface area contributed by atoms with E-state index in [9.17, 15) is 9.59 Å². The third-order valence-corrected chi connectivity index (χ3v) is 3.90. The zero-order chi connectivity index (χ0) is 15.0. The van der Waals surface area contributed by atoms with Gasteiger partial charge >= 0.3 is 6.03 Å². The first-order valence-corrected chi connectivity index (χ1v) is 6.74. The Morgan fingerprint density at radius 3 is 2.71 bits per heavy atom. The van der Waals surface area contributed by atoms with E-state index in [4.69, 9.17) is 11.6 Å². The molecular formula is C15H12ClN3O2. The number of rotatable bonds is 2. The molecule has 2 aromatic rings. The van der Waals surface area contributed by atoms with Crippen molar-refractivity contribution in [1.82, 2.24) is 15.6 Å². The van der Waals surface area contributed by atoms with Crippen LogP contribution in [0, 0.1) is 0 Å². The van der Waals surface area contributed by atoms with Crippen molar-refractivity contribution >= 4 is 40.5 Å². The molecule has 6 heteroatoms. The lowest BCUT2D eigenvalue weighted by Gasteiger charge is -2.19. The third kappa shape index (κ3) is 2.36. The molecule has 1 aliphatic heterocycles. The van der Waals surface area contributed by atoms with Gasteiger partial charge in [-0.1, -0.05) is 35.9 Å². The van der Waals surface area contributed by atoms with Gasteiger partial charge in [0.1, 0.15) is 0 Å². The molecule has 0 spiro atoms. The van der Waals surface area contributed by atoms with Gasteiger partial charge in [-0.05, 0) is 25.1 Å². The van der Waals surface area contributed by atoms with Crippen LogP contribution in [0.1, 0.15) is 12.6 Å². The molecule has 0 bridgehead atoms. The second-order valence-corrected chi connectivity index (χ2v) is 5.36. The Bertz CT molecular complexity index is 787. The first-order valence-electron chi connectivity index (χ1n) is 6.36. The molecule has 2 N–H and O–H groups in total. The number of amides is 3. The van der Waals surface area contributed by atoms with Crippen LogP contribution >= 0.6 is 11.6 Å². The first-order chi connectivity index (χ1) is 9.99. The standard InChI is InChI=1S/C15H12ClN3O2/c1-15(13(20)18-14(21)19-15)12(16)8-10-7-6-9-4-2-3-5-11(9)17-10/h2-8H,1H3,(H2,18,19,20,21)/b12-8-/t15-/m0/s1. The normalized spacial score (nSPS) is 22.3. The van der Waals surface area contributed by atoms with Gasteiger partial charge in [0, 0.05) is 5.39 Å². The number of benzene rings is 1. The van der Waals surface area contributed by atoms with E-state index in [1.54, 1.807) is 13.0 Å². The van der Waals surface area contributed by atoms with Crippen molar-refractivity contribution in [2.75, 3.05) is 0 Å². The summed E-state index contributed by atoms with van der Waals surface area (Å²) in [4.78, 5) is 27.5. The number of nitrogens with one attached hydrogen (secondary N) is 2. The number of carbonyl (C=O) groups excluding carboxylic acids is 2. The first kappa shape index (κ1) is 13.6.